The van der Waals surface area contributed by atoms with Gasteiger partial charge in [0.2, 0.25) is 0 Å². The normalized spacial score (nSPS) is 12.1. The average molecular weight is 353 g/mol. The van der Waals surface area contributed by atoms with Crippen LogP contribution in [0.1, 0.15) is 42.9 Å². The molecular formula is C17H18Cl2N2O2. The molecule has 0 saturated carbocycles. The molecule has 0 radical (unpaired) electrons. The largest absolute Gasteiger partial charge is 0.491 e. The number of nitrogens with one attached hydrogen (secondary N) is 1. The number of aromatic nitrogens is 1. The van der Waals surface area contributed by atoms with Gasteiger partial charge in [0.25, 0.3) is 5.91 Å². The lowest BCUT2D eigenvalue weighted by atomic mass is 10.1. The number of rotatable bonds is 5. The number of ether oxygens (including phenoxy) is 1. The molecule has 4 nitrogen and oxygen atoms in total. The van der Waals surface area contributed by atoms with Crippen molar-refractivity contribution >= 4 is 29.1 Å². The number of nitrogens with zero attached hydrogens (tertiary/aromatic N) is 1. The van der Waals surface area contributed by atoms with E-state index in [1.807, 2.05) is 45.0 Å². The number of hydrogen-bond donors (Lipinski definition) is 1. The van der Waals surface area contributed by atoms with Crippen LogP contribution >= 0.6 is 23.2 Å². The Morgan fingerprint density at radius 2 is 1.74 bits per heavy atom. The summed E-state index contributed by atoms with van der Waals surface area (Å²) < 4.78 is 5.60. The van der Waals surface area contributed by atoms with Gasteiger partial charge in [-0.3, -0.25) is 4.79 Å². The second-order valence-corrected chi connectivity index (χ2v) is 6.19. The minimum atomic E-state index is -0.368. The van der Waals surface area contributed by atoms with Gasteiger partial charge in [-0.1, -0.05) is 35.3 Å². The maximum absolute atomic E-state index is 12.3. The molecule has 23 heavy (non-hydrogen) atoms. The van der Waals surface area contributed by atoms with Crippen LogP contribution in [0.2, 0.25) is 10.2 Å². The second-order valence-electron chi connectivity index (χ2n) is 5.40. The summed E-state index contributed by atoms with van der Waals surface area (Å²) in [4.78, 5) is 16.2. The van der Waals surface area contributed by atoms with E-state index in [1.165, 1.54) is 6.07 Å². The fourth-order valence-electron chi connectivity index (χ4n) is 2.03. The summed E-state index contributed by atoms with van der Waals surface area (Å²) in [5, 5.41) is 3.34. The zero-order valence-electron chi connectivity index (χ0n) is 13.1. The Labute approximate surface area is 145 Å². The molecule has 1 atom stereocenters. The van der Waals surface area contributed by atoms with E-state index in [0.29, 0.717) is 0 Å². The van der Waals surface area contributed by atoms with Crippen LogP contribution in [0.25, 0.3) is 0 Å². The van der Waals surface area contributed by atoms with Crippen molar-refractivity contribution in [3.05, 3.63) is 57.8 Å². The monoisotopic (exact) mass is 352 g/mol. The van der Waals surface area contributed by atoms with Gasteiger partial charge < -0.3 is 10.1 Å². The number of benzene rings is 1. The summed E-state index contributed by atoms with van der Waals surface area (Å²) in [7, 11) is 0. The zero-order valence-corrected chi connectivity index (χ0v) is 14.7. The van der Waals surface area contributed by atoms with E-state index in [9.17, 15) is 4.79 Å². The Hall–Kier alpha value is -1.78. The summed E-state index contributed by atoms with van der Waals surface area (Å²) in [5.74, 6) is 0.425. The third-order valence-electron chi connectivity index (χ3n) is 3.13. The van der Waals surface area contributed by atoms with Crippen molar-refractivity contribution in [2.45, 2.75) is 32.9 Å². The summed E-state index contributed by atoms with van der Waals surface area (Å²) in [6, 6.07) is 10.5. The smallest absolute Gasteiger partial charge is 0.271 e. The SMILES string of the molecule is CC(C)Oc1ccc(C(C)NC(=O)c2nc(Cl)ccc2Cl)cc1. The Bertz CT molecular complexity index is 687. The molecule has 1 unspecified atom stereocenters. The number of carbonyl (C=O) groups is 1. The summed E-state index contributed by atoms with van der Waals surface area (Å²) in [6.07, 6.45) is 0.119. The third-order valence-corrected chi connectivity index (χ3v) is 3.64. The third kappa shape index (κ3) is 4.85. The molecule has 1 aromatic heterocycles. The first-order chi connectivity index (χ1) is 10.9. The topological polar surface area (TPSA) is 51.2 Å². The zero-order chi connectivity index (χ0) is 17.0. The van der Waals surface area contributed by atoms with Gasteiger partial charge in [0, 0.05) is 0 Å². The number of halogens is 2. The number of pyridine rings is 1. The fraction of sp³-hybridized carbons (Fsp3) is 0.294. The minimum Gasteiger partial charge on any atom is -0.491 e. The van der Waals surface area contributed by atoms with Gasteiger partial charge in [0.05, 0.1) is 17.2 Å². The molecule has 1 N–H and O–H groups in total. The van der Waals surface area contributed by atoms with E-state index < -0.39 is 0 Å². The van der Waals surface area contributed by atoms with Crippen molar-refractivity contribution in [2.24, 2.45) is 0 Å². The molecule has 0 aliphatic rings. The Balaban J connectivity index is 2.07. The maximum atomic E-state index is 12.3. The molecule has 6 heteroatoms. The highest BCUT2D eigenvalue weighted by Gasteiger charge is 2.16. The van der Waals surface area contributed by atoms with Gasteiger partial charge in [0.15, 0.2) is 0 Å². The predicted molar refractivity (Wildman–Crippen MR) is 92.3 cm³/mol. The van der Waals surface area contributed by atoms with Crippen LogP contribution in [-0.4, -0.2) is 17.0 Å². The molecule has 1 aromatic carbocycles. The van der Waals surface area contributed by atoms with E-state index in [4.69, 9.17) is 27.9 Å². The molecule has 0 spiro atoms. The molecule has 0 aliphatic heterocycles. The van der Waals surface area contributed by atoms with Crippen molar-refractivity contribution < 1.29 is 9.53 Å². The lowest BCUT2D eigenvalue weighted by Crippen LogP contribution is -2.27. The number of carbonyl (C=O) groups excluding carboxylic acids is 1. The Morgan fingerprint density at radius 3 is 2.35 bits per heavy atom. The Morgan fingerprint density at radius 1 is 1.09 bits per heavy atom. The van der Waals surface area contributed by atoms with Crippen molar-refractivity contribution in [3.63, 3.8) is 0 Å². The molecule has 2 aromatic rings. The second kappa shape index (κ2) is 7.66. The fourth-order valence-corrected chi connectivity index (χ4v) is 2.37. The number of hydrogen-bond acceptors (Lipinski definition) is 3. The first kappa shape index (κ1) is 17.6. The van der Waals surface area contributed by atoms with E-state index in [-0.39, 0.29) is 33.9 Å². The van der Waals surface area contributed by atoms with E-state index in [2.05, 4.69) is 10.3 Å². The molecule has 2 rings (SSSR count). The molecular weight excluding hydrogens is 335 g/mol. The van der Waals surface area contributed by atoms with Gasteiger partial charge in [-0.2, -0.15) is 0 Å². The maximum Gasteiger partial charge on any atom is 0.271 e. The quantitative estimate of drug-likeness (QED) is 0.795. The van der Waals surface area contributed by atoms with Crippen LogP contribution < -0.4 is 10.1 Å². The van der Waals surface area contributed by atoms with Gasteiger partial charge in [-0.25, -0.2) is 4.98 Å². The molecule has 0 saturated heterocycles. The van der Waals surface area contributed by atoms with Crippen LogP contribution in [-0.2, 0) is 0 Å². The van der Waals surface area contributed by atoms with Crippen molar-refractivity contribution in [3.8, 4) is 5.75 Å². The number of amides is 1. The highest BCUT2D eigenvalue weighted by atomic mass is 35.5. The van der Waals surface area contributed by atoms with Crippen LogP contribution in [0.15, 0.2) is 36.4 Å². The van der Waals surface area contributed by atoms with E-state index >= 15 is 0 Å². The van der Waals surface area contributed by atoms with E-state index in [1.54, 1.807) is 6.07 Å². The van der Waals surface area contributed by atoms with Crippen molar-refractivity contribution in [2.75, 3.05) is 0 Å². The molecule has 0 aliphatic carbocycles. The van der Waals surface area contributed by atoms with Crippen molar-refractivity contribution in [1.29, 1.82) is 0 Å². The highest BCUT2D eigenvalue weighted by molar-refractivity contribution is 6.34. The highest BCUT2D eigenvalue weighted by Crippen LogP contribution is 2.21. The standard InChI is InChI=1S/C17H18Cl2N2O2/c1-10(2)23-13-6-4-12(5-7-13)11(3)20-17(22)16-14(18)8-9-15(19)21-16/h4-11H,1-3H3,(H,20,22). The summed E-state index contributed by atoms with van der Waals surface area (Å²) in [5.41, 5.74) is 1.07. The molecule has 1 heterocycles. The van der Waals surface area contributed by atoms with Gasteiger partial charge in [0.1, 0.15) is 16.6 Å². The van der Waals surface area contributed by atoms with Gasteiger partial charge in [-0.15, -0.1) is 0 Å². The molecule has 0 bridgehead atoms. The predicted octanol–water partition coefficient (Wildman–Crippen LogP) is 4.67. The summed E-state index contributed by atoms with van der Waals surface area (Å²) >= 11 is 11.8. The molecule has 1 amide bonds. The van der Waals surface area contributed by atoms with Crippen molar-refractivity contribution in [1.82, 2.24) is 10.3 Å². The van der Waals surface area contributed by atoms with Crippen LogP contribution in [0.5, 0.6) is 5.75 Å². The van der Waals surface area contributed by atoms with Gasteiger partial charge in [-0.05, 0) is 50.6 Å². The average Bonchev–Trinajstić information content (AvgIpc) is 2.49. The Kier molecular flexibility index (Phi) is 5.85. The molecule has 0 fully saturated rings. The lowest BCUT2D eigenvalue weighted by Gasteiger charge is -2.16. The van der Waals surface area contributed by atoms with E-state index in [0.717, 1.165) is 11.3 Å². The first-order valence-corrected chi connectivity index (χ1v) is 8.02. The van der Waals surface area contributed by atoms with Crippen LogP contribution in [0.3, 0.4) is 0 Å². The summed E-state index contributed by atoms with van der Waals surface area (Å²) in [6.45, 7) is 5.83. The minimum absolute atomic E-state index is 0.116. The molecule has 122 valence electrons. The van der Waals surface area contributed by atoms with Crippen LogP contribution in [0, 0.1) is 0 Å². The van der Waals surface area contributed by atoms with Gasteiger partial charge >= 0.3 is 0 Å². The lowest BCUT2D eigenvalue weighted by molar-refractivity contribution is 0.0935. The first-order valence-electron chi connectivity index (χ1n) is 7.26. The van der Waals surface area contributed by atoms with Crippen LogP contribution in [0.4, 0.5) is 0 Å².